The molecule has 4 heteroatoms. The summed E-state index contributed by atoms with van der Waals surface area (Å²) in [5, 5.41) is 3.51. The van der Waals surface area contributed by atoms with Crippen LogP contribution in [0.4, 0.5) is 5.82 Å². The predicted octanol–water partition coefficient (Wildman–Crippen LogP) is 2.41. The van der Waals surface area contributed by atoms with Crippen molar-refractivity contribution in [2.45, 2.75) is 31.8 Å². The molecule has 1 saturated carbocycles. The van der Waals surface area contributed by atoms with Gasteiger partial charge in [0.05, 0.1) is 5.69 Å². The van der Waals surface area contributed by atoms with E-state index in [1.807, 2.05) is 12.4 Å². The van der Waals surface area contributed by atoms with Crippen LogP contribution in [0.5, 0.6) is 0 Å². The standard InChI is InChI=1S/C17H22N4/c1-21(12-9-14-7-10-18-11-8-14)17-4-2-3-16(20-17)13-19-15-5-6-15/h2-4,7-8,10-11,15,19H,5-6,9,12-13H2,1H3. The first-order valence-corrected chi connectivity index (χ1v) is 7.60. The first kappa shape index (κ1) is 14.0. The lowest BCUT2D eigenvalue weighted by Gasteiger charge is -2.19. The quantitative estimate of drug-likeness (QED) is 0.846. The maximum Gasteiger partial charge on any atom is 0.128 e. The highest BCUT2D eigenvalue weighted by molar-refractivity contribution is 5.38. The van der Waals surface area contributed by atoms with Crippen molar-refractivity contribution in [3.05, 3.63) is 54.0 Å². The molecule has 21 heavy (non-hydrogen) atoms. The van der Waals surface area contributed by atoms with Gasteiger partial charge in [-0.2, -0.15) is 0 Å². The number of hydrogen-bond acceptors (Lipinski definition) is 4. The number of rotatable bonds is 7. The van der Waals surface area contributed by atoms with Gasteiger partial charge in [0.1, 0.15) is 5.82 Å². The van der Waals surface area contributed by atoms with Crippen molar-refractivity contribution in [2.75, 3.05) is 18.5 Å². The van der Waals surface area contributed by atoms with Crippen LogP contribution < -0.4 is 10.2 Å². The summed E-state index contributed by atoms with van der Waals surface area (Å²) >= 11 is 0. The molecule has 1 aliphatic carbocycles. The molecule has 0 radical (unpaired) electrons. The lowest BCUT2D eigenvalue weighted by Crippen LogP contribution is -2.22. The zero-order chi connectivity index (χ0) is 14.5. The maximum absolute atomic E-state index is 4.74. The van der Waals surface area contributed by atoms with Crippen molar-refractivity contribution < 1.29 is 0 Å². The molecular formula is C17H22N4. The van der Waals surface area contributed by atoms with Gasteiger partial charge in [0.25, 0.3) is 0 Å². The molecule has 0 spiro atoms. The van der Waals surface area contributed by atoms with Gasteiger partial charge in [-0.15, -0.1) is 0 Å². The Morgan fingerprint density at radius 1 is 1.19 bits per heavy atom. The van der Waals surface area contributed by atoms with Gasteiger partial charge in [-0.1, -0.05) is 6.07 Å². The van der Waals surface area contributed by atoms with E-state index in [9.17, 15) is 0 Å². The monoisotopic (exact) mass is 282 g/mol. The van der Waals surface area contributed by atoms with E-state index in [-0.39, 0.29) is 0 Å². The lowest BCUT2D eigenvalue weighted by atomic mass is 10.2. The van der Waals surface area contributed by atoms with Crippen LogP contribution >= 0.6 is 0 Å². The average Bonchev–Trinajstić information content (AvgIpc) is 3.36. The SMILES string of the molecule is CN(CCc1ccncc1)c1cccc(CNC2CC2)n1. The van der Waals surface area contributed by atoms with Crippen molar-refractivity contribution in [1.29, 1.82) is 0 Å². The fraction of sp³-hybridized carbons (Fsp3) is 0.412. The highest BCUT2D eigenvalue weighted by Crippen LogP contribution is 2.19. The topological polar surface area (TPSA) is 41.1 Å². The molecule has 4 nitrogen and oxygen atoms in total. The van der Waals surface area contributed by atoms with E-state index in [4.69, 9.17) is 4.98 Å². The van der Waals surface area contributed by atoms with Gasteiger partial charge in [-0.25, -0.2) is 4.98 Å². The second-order valence-corrected chi connectivity index (χ2v) is 5.67. The molecule has 0 amide bonds. The summed E-state index contributed by atoms with van der Waals surface area (Å²) in [6, 6.07) is 11.1. The van der Waals surface area contributed by atoms with Gasteiger partial charge in [0, 0.05) is 38.6 Å². The summed E-state index contributed by atoms with van der Waals surface area (Å²) < 4.78 is 0. The maximum atomic E-state index is 4.74. The van der Waals surface area contributed by atoms with Crippen LogP contribution in [-0.4, -0.2) is 29.6 Å². The summed E-state index contributed by atoms with van der Waals surface area (Å²) in [5.74, 6) is 1.04. The Bertz CT molecular complexity index is 566. The van der Waals surface area contributed by atoms with Gasteiger partial charge < -0.3 is 10.2 Å². The van der Waals surface area contributed by atoms with Gasteiger partial charge in [-0.05, 0) is 49.1 Å². The van der Waals surface area contributed by atoms with Crippen molar-refractivity contribution in [1.82, 2.24) is 15.3 Å². The van der Waals surface area contributed by atoms with Crippen LogP contribution in [0.1, 0.15) is 24.1 Å². The highest BCUT2D eigenvalue weighted by Gasteiger charge is 2.20. The number of hydrogen-bond donors (Lipinski definition) is 1. The number of anilines is 1. The smallest absolute Gasteiger partial charge is 0.128 e. The molecular weight excluding hydrogens is 260 g/mol. The summed E-state index contributed by atoms with van der Waals surface area (Å²) in [4.78, 5) is 11.0. The zero-order valence-corrected chi connectivity index (χ0v) is 12.5. The average molecular weight is 282 g/mol. The molecule has 1 aliphatic rings. The second kappa shape index (κ2) is 6.68. The van der Waals surface area contributed by atoms with Crippen LogP contribution in [-0.2, 0) is 13.0 Å². The first-order chi connectivity index (χ1) is 10.3. The van der Waals surface area contributed by atoms with E-state index in [1.165, 1.54) is 18.4 Å². The molecule has 1 fully saturated rings. The Morgan fingerprint density at radius 3 is 2.76 bits per heavy atom. The number of likely N-dealkylation sites (N-methyl/N-ethyl adjacent to an activating group) is 1. The Morgan fingerprint density at radius 2 is 2.00 bits per heavy atom. The number of aromatic nitrogens is 2. The van der Waals surface area contributed by atoms with E-state index >= 15 is 0 Å². The normalized spacial score (nSPS) is 14.1. The molecule has 0 aliphatic heterocycles. The lowest BCUT2D eigenvalue weighted by molar-refractivity contribution is 0.673. The summed E-state index contributed by atoms with van der Waals surface area (Å²) in [6.45, 7) is 1.83. The van der Waals surface area contributed by atoms with Gasteiger partial charge >= 0.3 is 0 Å². The summed E-state index contributed by atoms with van der Waals surface area (Å²) in [6.07, 6.45) is 7.32. The van der Waals surface area contributed by atoms with Crippen molar-refractivity contribution in [2.24, 2.45) is 0 Å². The minimum atomic E-state index is 0.722. The Labute approximate surface area is 126 Å². The molecule has 0 unspecified atom stereocenters. The van der Waals surface area contributed by atoms with E-state index in [2.05, 4.69) is 52.6 Å². The second-order valence-electron chi connectivity index (χ2n) is 5.67. The molecule has 0 aromatic carbocycles. The molecule has 3 rings (SSSR count). The Balaban J connectivity index is 1.55. The largest absolute Gasteiger partial charge is 0.359 e. The summed E-state index contributed by atoms with van der Waals surface area (Å²) in [7, 11) is 2.10. The van der Waals surface area contributed by atoms with Crippen LogP contribution in [0.25, 0.3) is 0 Å². The fourth-order valence-corrected chi connectivity index (χ4v) is 2.28. The molecule has 0 atom stereocenters. The third-order valence-corrected chi connectivity index (χ3v) is 3.82. The van der Waals surface area contributed by atoms with Crippen molar-refractivity contribution in [3.63, 3.8) is 0 Å². The third-order valence-electron chi connectivity index (χ3n) is 3.82. The number of nitrogens with zero attached hydrogens (tertiary/aromatic N) is 3. The van der Waals surface area contributed by atoms with Crippen LogP contribution in [0.3, 0.4) is 0 Å². The highest BCUT2D eigenvalue weighted by atomic mass is 15.2. The third kappa shape index (κ3) is 4.26. The van der Waals surface area contributed by atoms with E-state index in [0.717, 1.165) is 37.1 Å². The Hall–Kier alpha value is -1.94. The van der Waals surface area contributed by atoms with Gasteiger partial charge in [0.2, 0.25) is 0 Å². The van der Waals surface area contributed by atoms with Gasteiger partial charge in [0.15, 0.2) is 0 Å². The van der Waals surface area contributed by atoms with Gasteiger partial charge in [-0.3, -0.25) is 4.98 Å². The predicted molar refractivity (Wildman–Crippen MR) is 85.3 cm³/mol. The van der Waals surface area contributed by atoms with E-state index in [1.54, 1.807) is 0 Å². The summed E-state index contributed by atoms with van der Waals surface area (Å²) in [5.41, 5.74) is 2.43. The minimum absolute atomic E-state index is 0.722. The molecule has 0 bridgehead atoms. The molecule has 2 heterocycles. The zero-order valence-electron chi connectivity index (χ0n) is 12.5. The van der Waals surface area contributed by atoms with Crippen LogP contribution in [0.15, 0.2) is 42.7 Å². The first-order valence-electron chi connectivity index (χ1n) is 7.60. The number of nitrogens with one attached hydrogen (secondary N) is 1. The minimum Gasteiger partial charge on any atom is -0.359 e. The molecule has 0 saturated heterocycles. The molecule has 110 valence electrons. The van der Waals surface area contributed by atoms with Crippen LogP contribution in [0, 0.1) is 0 Å². The van der Waals surface area contributed by atoms with Crippen molar-refractivity contribution in [3.8, 4) is 0 Å². The fourth-order valence-electron chi connectivity index (χ4n) is 2.28. The van der Waals surface area contributed by atoms with Crippen LogP contribution in [0.2, 0.25) is 0 Å². The Kier molecular flexibility index (Phi) is 4.46. The molecule has 1 N–H and O–H groups in total. The molecule has 2 aromatic heterocycles. The van der Waals surface area contributed by atoms with Crippen molar-refractivity contribution >= 4 is 5.82 Å². The van der Waals surface area contributed by atoms with E-state index in [0.29, 0.717) is 0 Å². The number of pyridine rings is 2. The molecule has 2 aromatic rings. The van der Waals surface area contributed by atoms with E-state index < -0.39 is 0 Å².